The van der Waals surface area contributed by atoms with Crippen molar-refractivity contribution in [3.63, 3.8) is 0 Å². The number of amides is 2. The third-order valence-electron chi connectivity index (χ3n) is 7.28. The van der Waals surface area contributed by atoms with Crippen molar-refractivity contribution in [1.29, 1.82) is 0 Å². The topological polar surface area (TPSA) is 47.1 Å². The Hall–Kier alpha value is -2.41. The second-order valence-corrected chi connectivity index (χ2v) is 10.5. The van der Waals surface area contributed by atoms with Crippen LogP contribution in [0.25, 0.3) is 0 Å². The van der Waals surface area contributed by atoms with Gasteiger partial charge in [0.1, 0.15) is 0 Å². The van der Waals surface area contributed by atoms with Crippen LogP contribution in [0, 0.1) is 0 Å². The number of fused-ring (bicyclic) bond motifs is 1. The average molecular weight is 511 g/mol. The summed E-state index contributed by atoms with van der Waals surface area (Å²) in [6, 6.07) is 16.1. The van der Waals surface area contributed by atoms with Crippen LogP contribution < -0.4 is 4.90 Å². The molecule has 36 heavy (non-hydrogen) atoms. The van der Waals surface area contributed by atoms with Gasteiger partial charge in [0, 0.05) is 63.3 Å². The molecule has 2 heterocycles. The largest absolute Gasteiger partial charge is 0.337 e. The Morgan fingerprint density at radius 3 is 2.36 bits per heavy atom. The van der Waals surface area contributed by atoms with Crippen LogP contribution in [0.1, 0.15) is 50.2 Å². The molecule has 1 saturated heterocycles. The predicted molar refractivity (Wildman–Crippen MR) is 146 cm³/mol. The number of anilines is 1. The van der Waals surface area contributed by atoms with Crippen molar-refractivity contribution in [1.82, 2.24) is 14.7 Å². The van der Waals surface area contributed by atoms with Crippen LogP contribution in [-0.4, -0.2) is 72.3 Å². The zero-order chi connectivity index (χ0) is 25.3. The summed E-state index contributed by atoms with van der Waals surface area (Å²) in [4.78, 5) is 34.8. The lowest BCUT2D eigenvalue weighted by Crippen LogP contribution is -2.38. The fourth-order valence-corrected chi connectivity index (χ4v) is 5.53. The van der Waals surface area contributed by atoms with Gasteiger partial charge in [0.15, 0.2) is 0 Å². The lowest BCUT2D eigenvalue weighted by Gasteiger charge is -2.28. The Labute approximate surface area is 220 Å². The number of benzene rings is 2. The van der Waals surface area contributed by atoms with Crippen molar-refractivity contribution >= 4 is 29.1 Å². The Kier molecular flexibility index (Phi) is 9.79. The molecule has 4 rings (SSSR count). The molecule has 0 aromatic heterocycles. The highest BCUT2D eigenvalue weighted by molar-refractivity contribution is 6.30. The van der Waals surface area contributed by atoms with Crippen molar-refractivity contribution in [2.24, 2.45) is 0 Å². The smallest absolute Gasteiger partial charge is 0.223 e. The quantitative estimate of drug-likeness (QED) is 0.560. The summed E-state index contributed by atoms with van der Waals surface area (Å²) in [6.45, 7) is 9.14. The number of rotatable bonds is 6. The Bertz CT molecular complexity index is 1010. The molecule has 0 aliphatic carbocycles. The first-order valence-corrected chi connectivity index (χ1v) is 13.7. The summed E-state index contributed by atoms with van der Waals surface area (Å²) < 4.78 is 0. The fourth-order valence-electron chi connectivity index (χ4n) is 5.33. The van der Waals surface area contributed by atoms with E-state index in [1.807, 2.05) is 34.1 Å². The highest BCUT2D eigenvalue weighted by Crippen LogP contribution is 2.27. The van der Waals surface area contributed by atoms with E-state index >= 15 is 0 Å². The minimum absolute atomic E-state index is 0.0101. The molecule has 2 amide bonds. The molecular formula is C29H39ClN4O2. The van der Waals surface area contributed by atoms with E-state index in [4.69, 9.17) is 11.6 Å². The molecule has 6 nitrogen and oxygen atoms in total. The van der Waals surface area contributed by atoms with Gasteiger partial charge >= 0.3 is 0 Å². The number of carbonyl (C=O) groups is 2. The summed E-state index contributed by atoms with van der Waals surface area (Å²) in [7, 11) is 0. The highest BCUT2D eigenvalue weighted by atomic mass is 35.5. The first-order chi connectivity index (χ1) is 17.5. The summed E-state index contributed by atoms with van der Waals surface area (Å²) >= 11 is 6.38. The molecule has 2 aliphatic rings. The van der Waals surface area contributed by atoms with Crippen molar-refractivity contribution in [3.8, 4) is 0 Å². The van der Waals surface area contributed by atoms with Gasteiger partial charge in [-0.3, -0.25) is 14.5 Å². The van der Waals surface area contributed by atoms with Crippen molar-refractivity contribution < 1.29 is 9.59 Å². The van der Waals surface area contributed by atoms with Crippen LogP contribution in [0.5, 0.6) is 0 Å². The monoisotopic (exact) mass is 510 g/mol. The second-order valence-electron chi connectivity index (χ2n) is 10.0. The Morgan fingerprint density at radius 2 is 1.61 bits per heavy atom. The van der Waals surface area contributed by atoms with Gasteiger partial charge in [0.05, 0.1) is 0 Å². The zero-order valence-electron chi connectivity index (χ0n) is 21.5. The highest BCUT2D eigenvalue weighted by Gasteiger charge is 2.23. The molecule has 0 radical (unpaired) electrons. The normalized spacial score (nSPS) is 18.1. The summed E-state index contributed by atoms with van der Waals surface area (Å²) in [5, 5.41) is 0.624. The van der Waals surface area contributed by atoms with E-state index in [1.165, 1.54) is 18.4 Å². The minimum Gasteiger partial charge on any atom is -0.337 e. The van der Waals surface area contributed by atoms with Gasteiger partial charge in [0.25, 0.3) is 0 Å². The van der Waals surface area contributed by atoms with Gasteiger partial charge in [-0.15, -0.1) is 0 Å². The molecule has 7 heteroatoms. The standard InChI is InChI=1S/C29H39ClN4O2/c1-24(35)34-18-8-17-32(22-25-9-3-2-4-10-25)19-20-33(23-26-21-27(30)12-13-28(26)34)29(36)11-7-16-31-14-5-6-15-31/h2-4,9-10,12-13,21H,5-8,11,14-20,22-23H2,1H3. The number of hydrogen-bond donors (Lipinski definition) is 0. The van der Waals surface area contributed by atoms with Crippen LogP contribution in [0.3, 0.4) is 0 Å². The van der Waals surface area contributed by atoms with E-state index < -0.39 is 0 Å². The van der Waals surface area contributed by atoms with Crippen LogP contribution in [0.2, 0.25) is 5.02 Å². The van der Waals surface area contributed by atoms with Gasteiger partial charge in [-0.05, 0) is 74.6 Å². The van der Waals surface area contributed by atoms with Crippen LogP contribution >= 0.6 is 11.6 Å². The molecule has 0 atom stereocenters. The molecule has 2 aromatic rings. The minimum atomic E-state index is 0.0101. The van der Waals surface area contributed by atoms with E-state index in [2.05, 4.69) is 34.1 Å². The van der Waals surface area contributed by atoms with Crippen LogP contribution in [-0.2, 0) is 22.7 Å². The fraction of sp³-hybridized carbons (Fsp3) is 0.517. The van der Waals surface area contributed by atoms with Crippen molar-refractivity contribution in [2.45, 2.75) is 52.1 Å². The molecular weight excluding hydrogens is 472 g/mol. The summed E-state index contributed by atoms with van der Waals surface area (Å²) in [6.07, 6.45) is 4.81. The van der Waals surface area contributed by atoms with Crippen LogP contribution in [0.15, 0.2) is 48.5 Å². The van der Waals surface area contributed by atoms with Crippen molar-refractivity contribution in [3.05, 3.63) is 64.7 Å². The van der Waals surface area contributed by atoms with Gasteiger partial charge in [0.2, 0.25) is 11.8 Å². The molecule has 0 spiro atoms. The van der Waals surface area contributed by atoms with E-state index in [9.17, 15) is 9.59 Å². The molecule has 0 bridgehead atoms. The molecule has 0 unspecified atom stereocenters. The SMILES string of the molecule is CC(=O)N1CCCN(Cc2ccccc2)CCN(C(=O)CCCN2CCCC2)Cc2cc(Cl)ccc21. The van der Waals surface area contributed by atoms with Crippen LogP contribution in [0.4, 0.5) is 5.69 Å². The molecule has 1 fully saturated rings. The number of carbonyl (C=O) groups excluding carboxylic acids is 2. The van der Waals surface area contributed by atoms with E-state index in [0.29, 0.717) is 31.1 Å². The zero-order valence-corrected chi connectivity index (χ0v) is 22.3. The number of hydrogen-bond acceptors (Lipinski definition) is 4. The predicted octanol–water partition coefficient (Wildman–Crippen LogP) is 4.80. The maximum atomic E-state index is 13.5. The first kappa shape index (κ1) is 26.6. The lowest BCUT2D eigenvalue weighted by molar-refractivity contribution is -0.132. The molecule has 2 aromatic carbocycles. The van der Waals surface area contributed by atoms with E-state index in [0.717, 1.165) is 63.4 Å². The summed E-state index contributed by atoms with van der Waals surface area (Å²) in [5.74, 6) is 0.185. The average Bonchev–Trinajstić information content (AvgIpc) is 3.37. The molecule has 194 valence electrons. The molecule has 2 aliphatic heterocycles. The Morgan fingerprint density at radius 1 is 0.861 bits per heavy atom. The number of halogens is 1. The lowest BCUT2D eigenvalue weighted by atomic mass is 10.1. The molecule has 0 N–H and O–H groups in total. The van der Waals surface area contributed by atoms with Gasteiger partial charge in [-0.2, -0.15) is 0 Å². The molecule has 0 saturated carbocycles. The third kappa shape index (κ3) is 7.55. The van der Waals surface area contributed by atoms with Gasteiger partial charge < -0.3 is 14.7 Å². The number of likely N-dealkylation sites (tertiary alicyclic amines) is 1. The van der Waals surface area contributed by atoms with Crippen molar-refractivity contribution in [2.75, 3.05) is 50.7 Å². The van der Waals surface area contributed by atoms with E-state index in [1.54, 1.807) is 6.92 Å². The number of nitrogens with zero attached hydrogens (tertiary/aromatic N) is 4. The maximum absolute atomic E-state index is 13.5. The second kappa shape index (κ2) is 13.2. The first-order valence-electron chi connectivity index (χ1n) is 13.3. The summed E-state index contributed by atoms with van der Waals surface area (Å²) in [5.41, 5.74) is 3.05. The van der Waals surface area contributed by atoms with E-state index in [-0.39, 0.29) is 11.8 Å². The maximum Gasteiger partial charge on any atom is 0.223 e. The van der Waals surface area contributed by atoms with Gasteiger partial charge in [-0.25, -0.2) is 0 Å². The third-order valence-corrected chi connectivity index (χ3v) is 7.52. The Balaban J connectivity index is 1.54. The van der Waals surface area contributed by atoms with Gasteiger partial charge in [-0.1, -0.05) is 41.9 Å².